The SMILES string of the molecule is CCc1ccc(Nc2nc(CC(=O)Nc3cccc(C)c3)cs2)cc1. The number of anilines is 3. The van der Waals surface area contributed by atoms with Gasteiger partial charge in [0, 0.05) is 16.8 Å². The molecule has 0 aliphatic carbocycles. The third-order valence-electron chi connectivity index (χ3n) is 3.81. The highest BCUT2D eigenvalue weighted by Gasteiger charge is 2.08. The van der Waals surface area contributed by atoms with Crippen molar-refractivity contribution in [3.63, 3.8) is 0 Å². The Hall–Kier alpha value is -2.66. The Bertz CT molecular complexity index is 855. The number of carbonyl (C=O) groups is 1. The number of amides is 1. The summed E-state index contributed by atoms with van der Waals surface area (Å²) in [6.45, 7) is 4.14. The Morgan fingerprint density at radius 1 is 1.12 bits per heavy atom. The molecule has 4 nitrogen and oxygen atoms in total. The molecule has 0 saturated heterocycles. The number of nitrogens with zero attached hydrogens (tertiary/aromatic N) is 1. The lowest BCUT2D eigenvalue weighted by molar-refractivity contribution is -0.115. The summed E-state index contributed by atoms with van der Waals surface area (Å²) in [7, 11) is 0. The fraction of sp³-hybridized carbons (Fsp3) is 0.200. The summed E-state index contributed by atoms with van der Waals surface area (Å²) in [6, 6.07) is 16.1. The van der Waals surface area contributed by atoms with Crippen LogP contribution in [0.4, 0.5) is 16.5 Å². The van der Waals surface area contributed by atoms with Crippen LogP contribution in [0.3, 0.4) is 0 Å². The summed E-state index contributed by atoms with van der Waals surface area (Å²) < 4.78 is 0. The first kappa shape index (κ1) is 17.2. The first-order chi connectivity index (χ1) is 12.1. The normalized spacial score (nSPS) is 10.5. The molecular weight excluding hydrogens is 330 g/mol. The van der Waals surface area contributed by atoms with Gasteiger partial charge in [-0.2, -0.15) is 0 Å². The zero-order valence-electron chi connectivity index (χ0n) is 14.4. The number of thiazole rings is 1. The van der Waals surface area contributed by atoms with E-state index < -0.39 is 0 Å². The minimum Gasteiger partial charge on any atom is -0.332 e. The van der Waals surface area contributed by atoms with Crippen LogP contribution in [0.15, 0.2) is 53.9 Å². The molecule has 0 atom stereocenters. The number of carbonyl (C=O) groups excluding carboxylic acids is 1. The Morgan fingerprint density at radius 3 is 2.64 bits per heavy atom. The van der Waals surface area contributed by atoms with Crippen molar-refractivity contribution in [2.45, 2.75) is 26.7 Å². The Kier molecular flexibility index (Phi) is 5.46. The van der Waals surface area contributed by atoms with Gasteiger partial charge in [-0.15, -0.1) is 11.3 Å². The molecule has 3 rings (SSSR count). The second-order valence-electron chi connectivity index (χ2n) is 5.91. The lowest BCUT2D eigenvalue weighted by Crippen LogP contribution is -2.14. The summed E-state index contributed by atoms with van der Waals surface area (Å²) >= 11 is 1.50. The summed E-state index contributed by atoms with van der Waals surface area (Å²) in [6.07, 6.45) is 1.29. The molecule has 0 fully saturated rings. The van der Waals surface area contributed by atoms with E-state index in [2.05, 4.69) is 34.7 Å². The van der Waals surface area contributed by atoms with Gasteiger partial charge in [0.15, 0.2) is 5.13 Å². The fourth-order valence-corrected chi connectivity index (χ4v) is 3.22. The predicted molar refractivity (Wildman–Crippen MR) is 105 cm³/mol. The first-order valence-electron chi connectivity index (χ1n) is 8.29. The molecule has 0 unspecified atom stereocenters. The minimum absolute atomic E-state index is 0.0604. The second kappa shape index (κ2) is 7.94. The van der Waals surface area contributed by atoms with Crippen molar-refractivity contribution in [1.29, 1.82) is 0 Å². The van der Waals surface area contributed by atoms with Gasteiger partial charge in [0.1, 0.15) is 0 Å². The zero-order chi connectivity index (χ0) is 17.6. The number of hydrogen-bond acceptors (Lipinski definition) is 4. The highest BCUT2D eigenvalue weighted by atomic mass is 32.1. The third-order valence-corrected chi connectivity index (χ3v) is 4.62. The van der Waals surface area contributed by atoms with Gasteiger partial charge in [-0.1, -0.05) is 31.2 Å². The molecule has 0 spiro atoms. The van der Waals surface area contributed by atoms with E-state index in [0.717, 1.165) is 34.2 Å². The van der Waals surface area contributed by atoms with Gasteiger partial charge in [-0.25, -0.2) is 4.98 Å². The van der Waals surface area contributed by atoms with E-state index in [9.17, 15) is 4.79 Å². The van der Waals surface area contributed by atoms with Crippen LogP contribution in [0.2, 0.25) is 0 Å². The van der Waals surface area contributed by atoms with Crippen LogP contribution < -0.4 is 10.6 Å². The Morgan fingerprint density at radius 2 is 1.92 bits per heavy atom. The van der Waals surface area contributed by atoms with Crippen molar-refractivity contribution in [3.8, 4) is 0 Å². The molecule has 0 saturated carbocycles. The predicted octanol–water partition coefficient (Wildman–Crippen LogP) is 4.94. The number of aromatic nitrogens is 1. The van der Waals surface area contributed by atoms with Crippen LogP contribution >= 0.6 is 11.3 Å². The van der Waals surface area contributed by atoms with Gasteiger partial charge in [-0.3, -0.25) is 4.79 Å². The number of hydrogen-bond donors (Lipinski definition) is 2. The van der Waals surface area contributed by atoms with Crippen LogP contribution in [0.1, 0.15) is 23.7 Å². The molecular formula is C20H21N3OS. The molecule has 0 aliphatic heterocycles. The minimum atomic E-state index is -0.0604. The van der Waals surface area contributed by atoms with Gasteiger partial charge >= 0.3 is 0 Å². The van der Waals surface area contributed by atoms with Crippen LogP contribution in [-0.4, -0.2) is 10.9 Å². The van der Waals surface area contributed by atoms with Gasteiger partial charge in [0.25, 0.3) is 0 Å². The van der Waals surface area contributed by atoms with Gasteiger partial charge in [0.2, 0.25) is 5.91 Å². The monoisotopic (exact) mass is 351 g/mol. The first-order valence-corrected chi connectivity index (χ1v) is 9.17. The number of nitrogens with one attached hydrogen (secondary N) is 2. The zero-order valence-corrected chi connectivity index (χ0v) is 15.2. The van der Waals surface area contributed by atoms with E-state index in [1.54, 1.807) is 0 Å². The quantitative estimate of drug-likeness (QED) is 0.661. The van der Waals surface area contributed by atoms with Crippen molar-refractivity contribution in [2.24, 2.45) is 0 Å². The average Bonchev–Trinajstić information content (AvgIpc) is 3.02. The summed E-state index contributed by atoms with van der Waals surface area (Å²) in [4.78, 5) is 16.7. The van der Waals surface area contributed by atoms with Gasteiger partial charge in [0.05, 0.1) is 12.1 Å². The standard InChI is InChI=1S/C20H21N3OS/c1-3-15-7-9-16(10-8-15)22-20-23-18(13-25-20)12-19(24)21-17-6-4-5-14(2)11-17/h4-11,13H,3,12H2,1-2H3,(H,21,24)(H,22,23). The summed E-state index contributed by atoms with van der Waals surface area (Å²) in [5.74, 6) is -0.0604. The van der Waals surface area contributed by atoms with Gasteiger partial charge < -0.3 is 10.6 Å². The smallest absolute Gasteiger partial charge is 0.230 e. The van der Waals surface area contributed by atoms with Crippen LogP contribution in [0.25, 0.3) is 0 Å². The molecule has 2 N–H and O–H groups in total. The molecule has 2 aromatic carbocycles. The lowest BCUT2D eigenvalue weighted by Gasteiger charge is -2.05. The Balaban J connectivity index is 1.58. The van der Waals surface area contributed by atoms with Crippen molar-refractivity contribution >= 4 is 33.8 Å². The van der Waals surface area contributed by atoms with Crippen molar-refractivity contribution < 1.29 is 4.79 Å². The highest BCUT2D eigenvalue weighted by molar-refractivity contribution is 7.13. The van der Waals surface area contributed by atoms with E-state index in [0.29, 0.717) is 0 Å². The lowest BCUT2D eigenvalue weighted by atomic mass is 10.1. The maximum absolute atomic E-state index is 12.2. The molecule has 0 aliphatic rings. The molecule has 3 aromatic rings. The largest absolute Gasteiger partial charge is 0.332 e. The van der Waals surface area contributed by atoms with Crippen LogP contribution in [0, 0.1) is 6.92 Å². The Labute approximate surface area is 151 Å². The number of benzene rings is 2. The van der Waals surface area contributed by atoms with Crippen molar-refractivity contribution in [3.05, 3.63) is 70.7 Å². The van der Waals surface area contributed by atoms with E-state index in [1.807, 2.05) is 48.7 Å². The third kappa shape index (κ3) is 4.90. The maximum atomic E-state index is 12.2. The number of aryl methyl sites for hydroxylation is 2. The van der Waals surface area contributed by atoms with E-state index in [4.69, 9.17) is 0 Å². The van der Waals surface area contributed by atoms with E-state index >= 15 is 0 Å². The highest BCUT2D eigenvalue weighted by Crippen LogP contribution is 2.22. The van der Waals surface area contributed by atoms with Crippen LogP contribution in [0.5, 0.6) is 0 Å². The van der Waals surface area contributed by atoms with Gasteiger partial charge in [-0.05, 0) is 48.7 Å². The van der Waals surface area contributed by atoms with Crippen molar-refractivity contribution in [1.82, 2.24) is 4.98 Å². The average molecular weight is 351 g/mol. The fourth-order valence-electron chi connectivity index (χ4n) is 2.49. The summed E-state index contributed by atoms with van der Waals surface area (Å²) in [5.41, 5.74) is 5.00. The molecule has 0 bridgehead atoms. The molecule has 25 heavy (non-hydrogen) atoms. The van der Waals surface area contributed by atoms with Crippen molar-refractivity contribution in [2.75, 3.05) is 10.6 Å². The molecule has 1 heterocycles. The molecule has 128 valence electrons. The maximum Gasteiger partial charge on any atom is 0.230 e. The molecule has 1 amide bonds. The molecule has 0 radical (unpaired) electrons. The van der Waals surface area contributed by atoms with Crippen LogP contribution in [-0.2, 0) is 17.6 Å². The van der Waals surface area contributed by atoms with E-state index in [-0.39, 0.29) is 12.3 Å². The summed E-state index contributed by atoms with van der Waals surface area (Å²) in [5, 5.41) is 8.90. The molecule has 1 aromatic heterocycles. The van der Waals surface area contributed by atoms with E-state index in [1.165, 1.54) is 16.9 Å². The topological polar surface area (TPSA) is 54.0 Å². The molecule has 5 heteroatoms. The number of rotatable bonds is 6. The second-order valence-corrected chi connectivity index (χ2v) is 6.77.